The van der Waals surface area contributed by atoms with E-state index in [4.69, 9.17) is 38.4 Å². The molecule has 7 nitrogen and oxygen atoms in total. The number of aromatic nitrogens is 3. The van der Waals surface area contributed by atoms with Crippen LogP contribution in [0.5, 0.6) is 11.5 Å². The maximum absolute atomic E-state index is 14.9. The number of carbonyl (C=O) groups is 1. The normalized spacial score (nSPS) is 10.7. The lowest BCUT2D eigenvalue weighted by atomic mass is 9.91. The average Bonchev–Trinajstić information content (AvgIpc) is 2.83. The molecule has 0 aliphatic rings. The summed E-state index contributed by atoms with van der Waals surface area (Å²) in [7, 11) is 2.99. The molecule has 2 aromatic heterocycles. The first-order valence-corrected chi connectivity index (χ1v) is 10.6. The first-order valence-electron chi connectivity index (χ1n) is 9.84. The Labute approximate surface area is 204 Å². The fourth-order valence-corrected chi connectivity index (χ4v) is 3.99. The van der Waals surface area contributed by atoms with Crippen molar-refractivity contribution in [3.8, 4) is 45.1 Å². The molecule has 172 valence electrons. The van der Waals surface area contributed by atoms with Gasteiger partial charge in [-0.25, -0.2) is 4.39 Å². The van der Waals surface area contributed by atoms with Gasteiger partial charge in [-0.15, -0.1) is 10.2 Å². The number of halogens is 3. The number of carbonyl (C=O) groups excluding carboxylic acids is 1. The maximum atomic E-state index is 14.9. The Kier molecular flexibility index (Phi) is 6.63. The third-order valence-corrected chi connectivity index (χ3v) is 5.52. The van der Waals surface area contributed by atoms with Crippen molar-refractivity contribution in [3.05, 3.63) is 76.3 Å². The van der Waals surface area contributed by atoms with Crippen LogP contribution in [0.4, 0.5) is 4.39 Å². The van der Waals surface area contributed by atoms with Gasteiger partial charge in [0.25, 0.3) is 5.91 Å². The number of methoxy groups -OCH3 is 2. The van der Waals surface area contributed by atoms with Crippen LogP contribution in [-0.2, 0) is 0 Å². The van der Waals surface area contributed by atoms with Crippen molar-refractivity contribution in [3.63, 3.8) is 0 Å². The van der Waals surface area contributed by atoms with Crippen molar-refractivity contribution in [2.75, 3.05) is 14.2 Å². The van der Waals surface area contributed by atoms with E-state index >= 15 is 0 Å². The van der Waals surface area contributed by atoms with Crippen molar-refractivity contribution in [2.24, 2.45) is 5.73 Å². The SMILES string of the molecule is COc1cc(OC)cc(-c2c(-c3ccccc3F)nnc(C(N)=O)c2-c2ncc(Cl)cc2Cl)c1. The third kappa shape index (κ3) is 4.37. The van der Waals surface area contributed by atoms with E-state index in [9.17, 15) is 9.18 Å². The Morgan fingerprint density at radius 2 is 1.62 bits per heavy atom. The highest BCUT2D eigenvalue weighted by Crippen LogP contribution is 2.44. The van der Waals surface area contributed by atoms with Crippen LogP contribution in [0.1, 0.15) is 10.5 Å². The van der Waals surface area contributed by atoms with Crippen molar-refractivity contribution < 1.29 is 18.7 Å². The maximum Gasteiger partial charge on any atom is 0.269 e. The zero-order valence-corrected chi connectivity index (χ0v) is 19.5. The van der Waals surface area contributed by atoms with E-state index in [2.05, 4.69) is 15.2 Å². The molecule has 10 heteroatoms. The smallest absolute Gasteiger partial charge is 0.269 e. The van der Waals surface area contributed by atoms with Gasteiger partial charge in [0.15, 0.2) is 5.69 Å². The molecule has 34 heavy (non-hydrogen) atoms. The number of rotatable bonds is 6. The van der Waals surface area contributed by atoms with Crippen LogP contribution >= 0.6 is 23.2 Å². The number of amides is 1. The number of hydrogen-bond donors (Lipinski definition) is 1. The highest BCUT2D eigenvalue weighted by molar-refractivity contribution is 6.36. The molecule has 4 aromatic rings. The number of ether oxygens (including phenoxy) is 2. The second-order valence-electron chi connectivity index (χ2n) is 7.08. The molecule has 0 saturated heterocycles. The molecule has 1 amide bonds. The molecule has 0 saturated carbocycles. The van der Waals surface area contributed by atoms with E-state index in [1.165, 1.54) is 32.5 Å². The highest BCUT2D eigenvalue weighted by Gasteiger charge is 2.27. The van der Waals surface area contributed by atoms with Crippen molar-refractivity contribution >= 4 is 29.1 Å². The molecule has 0 aliphatic heterocycles. The lowest BCUT2D eigenvalue weighted by molar-refractivity contribution is 0.0995. The lowest BCUT2D eigenvalue weighted by Crippen LogP contribution is -2.17. The van der Waals surface area contributed by atoms with Gasteiger partial charge in [-0.3, -0.25) is 9.78 Å². The van der Waals surface area contributed by atoms with E-state index in [1.54, 1.807) is 36.4 Å². The molecule has 0 unspecified atom stereocenters. The molecule has 4 rings (SSSR count). The Morgan fingerprint density at radius 3 is 2.21 bits per heavy atom. The minimum atomic E-state index is -0.869. The number of nitrogens with zero attached hydrogens (tertiary/aromatic N) is 3. The Hall–Kier alpha value is -3.75. The largest absolute Gasteiger partial charge is 0.497 e. The molecule has 0 fully saturated rings. The molecule has 0 atom stereocenters. The molecule has 0 bridgehead atoms. The average molecular weight is 499 g/mol. The minimum absolute atomic E-state index is 0.138. The van der Waals surface area contributed by atoms with Crippen LogP contribution in [0.3, 0.4) is 0 Å². The number of hydrogen-bond acceptors (Lipinski definition) is 6. The summed E-state index contributed by atoms with van der Waals surface area (Å²) in [6.45, 7) is 0. The third-order valence-electron chi connectivity index (χ3n) is 5.02. The van der Waals surface area contributed by atoms with E-state index in [0.29, 0.717) is 22.6 Å². The molecule has 0 spiro atoms. The summed E-state index contributed by atoms with van der Waals surface area (Å²) in [5, 5.41) is 8.63. The van der Waals surface area contributed by atoms with E-state index in [1.807, 2.05) is 0 Å². The highest BCUT2D eigenvalue weighted by atomic mass is 35.5. The van der Waals surface area contributed by atoms with Gasteiger partial charge < -0.3 is 15.2 Å². The zero-order valence-electron chi connectivity index (χ0n) is 18.0. The zero-order chi connectivity index (χ0) is 24.4. The van der Waals surface area contributed by atoms with Crippen LogP contribution in [-0.4, -0.2) is 35.3 Å². The summed E-state index contributed by atoms with van der Waals surface area (Å²) in [5.41, 5.74) is 6.86. The van der Waals surface area contributed by atoms with Crippen molar-refractivity contribution in [1.82, 2.24) is 15.2 Å². The standard InChI is InChI=1S/C24H17Cl2FN4O3/c1-33-14-7-12(8-15(10-14)34-2)19-20(22-17(26)9-13(25)11-29-22)23(24(28)32)31-30-21(19)16-5-3-4-6-18(16)27/h3-11H,1-2H3,(H2,28,32). The predicted octanol–water partition coefficient (Wildman–Crippen LogP) is 5.43. The first-order chi connectivity index (χ1) is 16.3. The molecular formula is C24H17Cl2FN4O3. The quantitative estimate of drug-likeness (QED) is 0.380. The van der Waals surface area contributed by atoms with Gasteiger partial charge in [-0.1, -0.05) is 35.3 Å². The Bertz CT molecular complexity index is 1390. The van der Waals surface area contributed by atoms with E-state index in [-0.39, 0.29) is 38.3 Å². The van der Waals surface area contributed by atoms with Crippen molar-refractivity contribution in [1.29, 1.82) is 0 Å². The molecule has 0 radical (unpaired) electrons. The predicted molar refractivity (Wildman–Crippen MR) is 128 cm³/mol. The topological polar surface area (TPSA) is 100 Å². The Morgan fingerprint density at radius 1 is 0.941 bits per heavy atom. The summed E-state index contributed by atoms with van der Waals surface area (Å²) in [6, 6.07) is 12.6. The fourth-order valence-electron chi connectivity index (χ4n) is 3.51. The van der Waals surface area contributed by atoms with Crippen LogP contribution in [0.2, 0.25) is 10.0 Å². The molecule has 2 heterocycles. The van der Waals surface area contributed by atoms with Crippen molar-refractivity contribution in [2.45, 2.75) is 0 Å². The van der Waals surface area contributed by atoms with Gasteiger partial charge in [0.05, 0.1) is 30.0 Å². The fraction of sp³-hybridized carbons (Fsp3) is 0.0833. The van der Waals surface area contributed by atoms with Gasteiger partial charge in [0, 0.05) is 29.0 Å². The summed E-state index contributed by atoms with van der Waals surface area (Å²) in [4.78, 5) is 16.7. The molecule has 2 aromatic carbocycles. The van der Waals surface area contributed by atoms with Gasteiger partial charge in [-0.05, 0) is 35.9 Å². The lowest BCUT2D eigenvalue weighted by Gasteiger charge is -2.18. The monoisotopic (exact) mass is 498 g/mol. The second-order valence-corrected chi connectivity index (χ2v) is 7.92. The van der Waals surface area contributed by atoms with Gasteiger partial charge in [0.1, 0.15) is 23.0 Å². The number of primary amides is 1. The molecule has 2 N–H and O–H groups in total. The number of pyridine rings is 1. The Balaban J connectivity index is 2.21. The molecular weight excluding hydrogens is 482 g/mol. The summed E-state index contributed by atoms with van der Waals surface area (Å²) >= 11 is 12.5. The summed E-state index contributed by atoms with van der Waals surface area (Å²) < 4.78 is 25.7. The van der Waals surface area contributed by atoms with Crippen LogP contribution in [0, 0.1) is 5.82 Å². The summed E-state index contributed by atoms with van der Waals surface area (Å²) in [6.07, 6.45) is 1.37. The molecule has 0 aliphatic carbocycles. The summed E-state index contributed by atoms with van der Waals surface area (Å²) in [5.74, 6) is -0.507. The second kappa shape index (κ2) is 9.62. The van der Waals surface area contributed by atoms with E-state index in [0.717, 1.165) is 0 Å². The first kappa shape index (κ1) is 23.4. The number of nitrogens with two attached hydrogens (primary N) is 1. The van der Waals surface area contributed by atoms with Gasteiger partial charge in [-0.2, -0.15) is 0 Å². The van der Waals surface area contributed by atoms with Crippen LogP contribution in [0.15, 0.2) is 54.7 Å². The van der Waals surface area contributed by atoms with E-state index < -0.39 is 11.7 Å². The van der Waals surface area contributed by atoms with Crippen LogP contribution in [0.25, 0.3) is 33.6 Å². The number of benzene rings is 2. The minimum Gasteiger partial charge on any atom is -0.497 e. The van der Waals surface area contributed by atoms with Gasteiger partial charge >= 0.3 is 0 Å². The van der Waals surface area contributed by atoms with Gasteiger partial charge in [0.2, 0.25) is 0 Å². The van der Waals surface area contributed by atoms with Crippen LogP contribution < -0.4 is 15.2 Å².